The smallest absolute Gasteiger partial charge is 0.336 e. The molecule has 0 spiro atoms. The van der Waals surface area contributed by atoms with E-state index < -0.39 is 17.8 Å². The Morgan fingerprint density at radius 2 is 1.56 bits per heavy atom. The average Bonchev–Trinajstić information content (AvgIpc) is 2.97. The second-order valence-corrected chi connectivity index (χ2v) is 9.30. The zero-order valence-corrected chi connectivity index (χ0v) is 24.3. The van der Waals surface area contributed by atoms with Crippen LogP contribution in [0.2, 0.25) is 0 Å². The molecule has 224 valence electrons. The van der Waals surface area contributed by atoms with Crippen LogP contribution in [0.1, 0.15) is 37.5 Å². The molecule has 0 atom stereocenters. The van der Waals surface area contributed by atoms with Crippen molar-refractivity contribution in [3.05, 3.63) is 95.3 Å². The number of halogens is 1. The van der Waals surface area contributed by atoms with E-state index in [2.05, 4.69) is 11.9 Å². The van der Waals surface area contributed by atoms with E-state index in [0.29, 0.717) is 48.0 Å². The average molecular weight is 589 g/mol. The molecule has 0 bridgehead atoms. The zero-order valence-electron chi connectivity index (χ0n) is 24.3. The standard InChI is InChI=1S/C33H33FN2O7/c1-5-9-23-16-22(18-29(42-8-4)30(23)43-20-21-10-12-24(34)13-11-21)17-26-31(37)35-33(39)36(32(26)38)27-19-25(40-6-2)14-15-28(27)41-7-3/h5,10-19H,1,6-9,20H2,2-4H3,(H,35,37,39)/b26-17+. The van der Waals surface area contributed by atoms with Crippen molar-refractivity contribution in [2.75, 3.05) is 24.7 Å². The molecule has 1 N–H and O–H groups in total. The Bertz CT molecular complexity index is 1550. The van der Waals surface area contributed by atoms with Crippen LogP contribution in [0, 0.1) is 5.82 Å². The quantitative estimate of drug-likeness (QED) is 0.149. The molecule has 43 heavy (non-hydrogen) atoms. The fraction of sp³-hybridized carbons (Fsp3) is 0.242. The van der Waals surface area contributed by atoms with Crippen LogP contribution in [0.3, 0.4) is 0 Å². The van der Waals surface area contributed by atoms with Gasteiger partial charge in [0.05, 0.1) is 25.5 Å². The maximum Gasteiger partial charge on any atom is 0.336 e. The van der Waals surface area contributed by atoms with Gasteiger partial charge in [-0.25, -0.2) is 14.1 Å². The lowest BCUT2D eigenvalue weighted by atomic mass is 10.0. The van der Waals surface area contributed by atoms with Crippen molar-refractivity contribution in [1.82, 2.24) is 5.32 Å². The van der Waals surface area contributed by atoms with Gasteiger partial charge >= 0.3 is 6.03 Å². The highest BCUT2D eigenvalue weighted by atomic mass is 19.1. The number of hydrogen-bond donors (Lipinski definition) is 1. The Balaban J connectivity index is 1.74. The molecule has 1 fully saturated rings. The lowest BCUT2D eigenvalue weighted by Crippen LogP contribution is -2.54. The normalized spacial score (nSPS) is 14.0. The first-order valence-corrected chi connectivity index (χ1v) is 13.9. The van der Waals surface area contributed by atoms with E-state index in [1.165, 1.54) is 24.3 Å². The first-order chi connectivity index (χ1) is 20.8. The van der Waals surface area contributed by atoms with Gasteiger partial charge in [-0.2, -0.15) is 0 Å². The highest BCUT2D eigenvalue weighted by molar-refractivity contribution is 6.39. The number of benzene rings is 3. The van der Waals surface area contributed by atoms with Crippen molar-refractivity contribution in [1.29, 1.82) is 0 Å². The molecule has 0 aromatic heterocycles. The summed E-state index contributed by atoms with van der Waals surface area (Å²) in [6.07, 6.45) is 3.47. The van der Waals surface area contributed by atoms with Crippen molar-refractivity contribution in [3.63, 3.8) is 0 Å². The summed E-state index contributed by atoms with van der Waals surface area (Å²) in [5.41, 5.74) is 1.79. The Kier molecular flexibility index (Phi) is 10.2. The number of carbonyl (C=O) groups excluding carboxylic acids is 3. The Morgan fingerprint density at radius 3 is 2.23 bits per heavy atom. The van der Waals surface area contributed by atoms with Gasteiger partial charge in [0.2, 0.25) is 0 Å². The highest BCUT2D eigenvalue weighted by Crippen LogP contribution is 2.37. The fourth-order valence-corrected chi connectivity index (χ4v) is 4.49. The lowest BCUT2D eigenvalue weighted by molar-refractivity contribution is -0.122. The van der Waals surface area contributed by atoms with E-state index in [1.807, 2.05) is 13.8 Å². The molecule has 0 aliphatic carbocycles. The number of ether oxygens (including phenoxy) is 4. The number of imide groups is 2. The van der Waals surface area contributed by atoms with Gasteiger partial charge in [0.15, 0.2) is 11.5 Å². The number of hydrogen-bond acceptors (Lipinski definition) is 7. The molecule has 4 rings (SSSR count). The van der Waals surface area contributed by atoms with Crippen LogP contribution in [0.25, 0.3) is 6.08 Å². The lowest BCUT2D eigenvalue weighted by Gasteiger charge is -2.28. The summed E-state index contributed by atoms with van der Waals surface area (Å²) in [7, 11) is 0. The van der Waals surface area contributed by atoms with Gasteiger partial charge in [0, 0.05) is 11.6 Å². The van der Waals surface area contributed by atoms with Gasteiger partial charge < -0.3 is 18.9 Å². The number of rotatable bonds is 13. The monoisotopic (exact) mass is 588 g/mol. The fourth-order valence-electron chi connectivity index (χ4n) is 4.49. The van der Waals surface area contributed by atoms with Crippen molar-refractivity contribution in [2.45, 2.75) is 33.8 Å². The van der Waals surface area contributed by atoms with Crippen LogP contribution in [-0.2, 0) is 22.6 Å². The van der Waals surface area contributed by atoms with E-state index in [-0.39, 0.29) is 36.0 Å². The molecule has 3 aromatic rings. The van der Waals surface area contributed by atoms with E-state index in [1.54, 1.807) is 49.4 Å². The van der Waals surface area contributed by atoms with E-state index in [0.717, 1.165) is 10.5 Å². The van der Waals surface area contributed by atoms with Crippen molar-refractivity contribution in [3.8, 4) is 23.0 Å². The number of amides is 4. The van der Waals surface area contributed by atoms with Crippen LogP contribution in [0.4, 0.5) is 14.9 Å². The molecule has 0 unspecified atom stereocenters. The van der Waals surface area contributed by atoms with Crippen LogP contribution in [-0.4, -0.2) is 37.7 Å². The van der Waals surface area contributed by atoms with Crippen LogP contribution >= 0.6 is 0 Å². The molecule has 1 aliphatic heterocycles. The third-order valence-corrected chi connectivity index (χ3v) is 6.31. The van der Waals surface area contributed by atoms with Gasteiger partial charge in [0.25, 0.3) is 11.8 Å². The molecule has 10 heteroatoms. The molecule has 1 saturated heterocycles. The maximum atomic E-state index is 13.7. The molecule has 9 nitrogen and oxygen atoms in total. The molecular weight excluding hydrogens is 555 g/mol. The van der Waals surface area contributed by atoms with Crippen molar-refractivity contribution >= 4 is 29.6 Å². The van der Waals surface area contributed by atoms with Gasteiger partial charge in [-0.1, -0.05) is 18.2 Å². The molecule has 4 amide bonds. The first-order valence-electron chi connectivity index (χ1n) is 13.9. The van der Waals surface area contributed by atoms with Gasteiger partial charge in [-0.15, -0.1) is 6.58 Å². The number of carbonyl (C=O) groups is 3. The van der Waals surface area contributed by atoms with Gasteiger partial charge in [0.1, 0.15) is 29.5 Å². The third-order valence-electron chi connectivity index (χ3n) is 6.31. The minimum absolute atomic E-state index is 0.139. The summed E-state index contributed by atoms with van der Waals surface area (Å²) in [4.78, 5) is 40.5. The number of allylic oxidation sites excluding steroid dienone is 1. The summed E-state index contributed by atoms with van der Waals surface area (Å²) in [5, 5.41) is 2.25. The van der Waals surface area contributed by atoms with Crippen LogP contribution in [0.15, 0.2) is 72.8 Å². The minimum Gasteiger partial charge on any atom is -0.494 e. The second-order valence-electron chi connectivity index (χ2n) is 9.30. The zero-order chi connectivity index (χ0) is 30.9. The van der Waals surface area contributed by atoms with E-state index in [9.17, 15) is 18.8 Å². The second kappa shape index (κ2) is 14.2. The molecule has 0 radical (unpaired) electrons. The Hall–Kier alpha value is -5.12. The summed E-state index contributed by atoms with van der Waals surface area (Å²) in [5.74, 6) is -0.475. The minimum atomic E-state index is -0.909. The summed E-state index contributed by atoms with van der Waals surface area (Å²) < 4.78 is 36.6. The van der Waals surface area contributed by atoms with Crippen LogP contribution in [0.5, 0.6) is 23.0 Å². The van der Waals surface area contributed by atoms with Crippen LogP contribution < -0.4 is 29.2 Å². The maximum absolute atomic E-state index is 13.7. The first kappa shape index (κ1) is 30.8. The SMILES string of the molecule is C=CCc1cc(/C=C2\C(=O)NC(=O)N(c3cc(OCC)ccc3OCC)C2=O)cc(OCC)c1OCc1ccc(F)cc1. The molecular formula is C33H33FN2O7. The predicted octanol–water partition coefficient (Wildman–Crippen LogP) is 6.00. The van der Waals surface area contributed by atoms with Crippen molar-refractivity contribution < 1.29 is 37.7 Å². The molecule has 3 aromatic carbocycles. The number of urea groups is 1. The van der Waals surface area contributed by atoms with Gasteiger partial charge in [-0.3, -0.25) is 14.9 Å². The van der Waals surface area contributed by atoms with Gasteiger partial charge in [-0.05, 0) is 80.8 Å². The Morgan fingerprint density at radius 1 is 0.860 bits per heavy atom. The predicted molar refractivity (Wildman–Crippen MR) is 160 cm³/mol. The van der Waals surface area contributed by atoms with E-state index >= 15 is 0 Å². The molecule has 1 heterocycles. The van der Waals surface area contributed by atoms with E-state index in [4.69, 9.17) is 18.9 Å². The largest absolute Gasteiger partial charge is 0.494 e. The summed E-state index contributed by atoms with van der Waals surface area (Å²) in [6, 6.07) is 13.2. The highest BCUT2D eigenvalue weighted by Gasteiger charge is 2.38. The summed E-state index contributed by atoms with van der Waals surface area (Å²) in [6.45, 7) is 10.4. The third kappa shape index (κ3) is 7.21. The summed E-state index contributed by atoms with van der Waals surface area (Å²) >= 11 is 0. The van der Waals surface area contributed by atoms with Crippen molar-refractivity contribution in [2.24, 2.45) is 0 Å². The number of nitrogens with one attached hydrogen (secondary N) is 1. The Labute approximate surface area is 249 Å². The number of anilines is 1. The molecule has 0 saturated carbocycles. The number of nitrogens with zero attached hydrogens (tertiary/aromatic N) is 1. The number of barbiturate groups is 1. The topological polar surface area (TPSA) is 103 Å². The molecule has 1 aliphatic rings.